The minimum atomic E-state index is -0.431. The van der Waals surface area contributed by atoms with E-state index in [0.29, 0.717) is 43.0 Å². The number of rotatable bonds is 6. The van der Waals surface area contributed by atoms with Crippen molar-refractivity contribution in [3.05, 3.63) is 75.8 Å². The van der Waals surface area contributed by atoms with Gasteiger partial charge in [0.15, 0.2) is 5.78 Å². The lowest BCUT2D eigenvalue weighted by Crippen LogP contribution is -2.37. The number of hydrogen-bond acceptors (Lipinski definition) is 4. The van der Waals surface area contributed by atoms with Crippen molar-refractivity contribution in [3.8, 4) is 0 Å². The summed E-state index contributed by atoms with van der Waals surface area (Å²) in [7, 11) is 0. The molecule has 1 aliphatic heterocycles. The van der Waals surface area contributed by atoms with Crippen LogP contribution in [0.1, 0.15) is 67.3 Å². The summed E-state index contributed by atoms with van der Waals surface area (Å²) >= 11 is 0. The van der Waals surface area contributed by atoms with E-state index in [1.54, 1.807) is 12.1 Å². The highest BCUT2D eigenvalue weighted by molar-refractivity contribution is 6.23. The van der Waals surface area contributed by atoms with Crippen molar-refractivity contribution < 1.29 is 23.5 Å². The molecule has 1 saturated heterocycles. The highest BCUT2D eigenvalue weighted by Gasteiger charge is 2.43. The van der Waals surface area contributed by atoms with Crippen molar-refractivity contribution in [2.75, 3.05) is 13.2 Å². The highest BCUT2D eigenvalue weighted by Crippen LogP contribution is 2.48. The first-order chi connectivity index (χ1) is 16.3. The number of halogens is 1. The summed E-state index contributed by atoms with van der Waals surface area (Å²) in [5, 5.41) is 0. The van der Waals surface area contributed by atoms with E-state index in [2.05, 4.69) is 32.9 Å². The number of benzene rings is 2. The summed E-state index contributed by atoms with van der Waals surface area (Å²) in [6.45, 7) is 7.48. The summed E-state index contributed by atoms with van der Waals surface area (Å²) in [5.41, 5.74) is 5.33. The van der Waals surface area contributed by atoms with E-state index >= 15 is 0 Å². The van der Waals surface area contributed by atoms with Crippen LogP contribution in [0.2, 0.25) is 0 Å². The van der Waals surface area contributed by atoms with Crippen LogP contribution in [0.5, 0.6) is 0 Å². The van der Waals surface area contributed by atoms with Crippen molar-refractivity contribution in [2.24, 2.45) is 5.41 Å². The molecule has 0 N–H and O–H groups in total. The van der Waals surface area contributed by atoms with Crippen LogP contribution in [0.4, 0.5) is 4.39 Å². The smallest absolute Gasteiger partial charge is 0.315 e. The number of esters is 1. The van der Waals surface area contributed by atoms with E-state index in [-0.39, 0.29) is 23.4 Å². The van der Waals surface area contributed by atoms with Gasteiger partial charge in [-0.05, 0) is 72.4 Å². The second kappa shape index (κ2) is 10.2. The molecule has 1 fully saturated rings. The van der Waals surface area contributed by atoms with E-state index in [1.807, 2.05) is 0 Å². The van der Waals surface area contributed by atoms with E-state index in [1.165, 1.54) is 12.1 Å². The van der Waals surface area contributed by atoms with Crippen molar-refractivity contribution in [2.45, 2.75) is 65.7 Å². The van der Waals surface area contributed by atoms with E-state index in [4.69, 9.17) is 9.47 Å². The van der Waals surface area contributed by atoms with Gasteiger partial charge in [0.1, 0.15) is 11.6 Å². The van der Waals surface area contributed by atoms with Crippen LogP contribution in [0.3, 0.4) is 0 Å². The molecular formula is C29H33FO4. The Bertz CT molecular complexity index is 1080. The second-order valence-corrected chi connectivity index (χ2v) is 9.63. The van der Waals surface area contributed by atoms with Crippen LogP contribution >= 0.6 is 0 Å². The van der Waals surface area contributed by atoms with Gasteiger partial charge in [-0.1, -0.05) is 43.7 Å². The van der Waals surface area contributed by atoms with Gasteiger partial charge in [-0.15, -0.1) is 0 Å². The molecule has 2 aromatic rings. The van der Waals surface area contributed by atoms with Crippen molar-refractivity contribution in [3.63, 3.8) is 0 Å². The van der Waals surface area contributed by atoms with Crippen LogP contribution in [0.15, 0.2) is 42.2 Å². The molecule has 1 heterocycles. The zero-order valence-corrected chi connectivity index (χ0v) is 20.3. The average Bonchev–Trinajstić information content (AvgIpc) is 2.81. The van der Waals surface area contributed by atoms with Gasteiger partial charge in [0.05, 0.1) is 12.0 Å². The Morgan fingerprint density at radius 1 is 1.03 bits per heavy atom. The van der Waals surface area contributed by atoms with Gasteiger partial charge in [0, 0.05) is 26.1 Å². The Morgan fingerprint density at radius 3 is 2.24 bits per heavy atom. The van der Waals surface area contributed by atoms with Gasteiger partial charge in [-0.3, -0.25) is 9.59 Å². The maximum Gasteiger partial charge on any atom is 0.315 e. The summed E-state index contributed by atoms with van der Waals surface area (Å²) in [6, 6.07) is 10.1. The molecule has 0 unspecified atom stereocenters. The van der Waals surface area contributed by atoms with Gasteiger partial charge in [-0.2, -0.15) is 0 Å². The molecule has 0 atom stereocenters. The molecule has 0 amide bonds. The molecule has 2 aliphatic rings. The highest BCUT2D eigenvalue weighted by atomic mass is 19.1. The van der Waals surface area contributed by atoms with Crippen LogP contribution in [-0.2, 0) is 38.3 Å². The van der Waals surface area contributed by atoms with Crippen molar-refractivity contribution in [1.82, 2.24) is 0 Å². The predicted octanol–water partition coefficient (Wildman–Crippen LogP) is 5.92. The monoisotopic (exact) mass is 464 g/mol. The fourth-order valence-electron chi connectivity index (χ4n) is 5.36. The van der Waals surface area contributed by atoms with Crippen molar-refractivity contribution in [1.29, 1.82) is 0 Å². The molecular weight excluding hydrogens is 431 g/mol. The first-order valence-corrected chi connectivity index (χ1v) is 12.3. The quantitative estimate of drug-likeness (QED) is 0.498. The van der Waals surface area contributed by atoms with Gasteiger partial charge in [0.25, 0.3) is 0 Å². The van der Waals surface area contributed by atoms with Gasteiger partial charge < -0.3 is 9.47 Å². The lowest BCUT2D eigenvalue weighted by Gasteiger charge is -2.41. The first-order valence-electron chi connectivity index (χ1n) is 12.3. The topological polar surface area (TPSA) is 52.6 Å². The third-order valence-corrected chi connectivity index (χ3v) is 7.14. The molecule has 0 radical (unpaired) electrons. The Kier molecular flexibility index (Phi) is 7.32. The van der Waals surface area contributed by atoms with Crippen molar-refractivity contribution >= 4 is 17.3 Å². The standard InChI is InChI=1S/C29H33FO4/c1-4-21-14-19(3)15-22(5-2)27(21)28-24(31)17-29(10-12-33-13-11-29)18-25(28)34-26(32)16-20-6-8-23(30)9-7-20/h6-9,14-15H,4-5,10-13,16-18H2,1-3H3. The predicted molar refractivity (Wildman–Crippen MR) is 130 cm³/mol. The van der Waals surface area contributed by atoms with Crippen LogP contribution < -0.4 is 0 Å². The Hall–Kier alpha value is -2.79. The average molecular weight is 465 g/mol. The molecule has 180 valence electrons. The fourth-order valence-corrected chi connectivity index (χ4v) is 5.36. The number of ketones is 1. The number of carbonyl (C=O) groups excluding carboxylic acids is 2. The molecule has 1 spiro atoms. The van der Waals surface area contributed by atoms with E-state index in [9.17, 15) is 14.0 Å². The molecule has 0 aromatic heterocycles. The normalized spacial score (nSPS) is 17.8. The minimum Gasteiger partial charge on any atom is -0.430 e. The lowest BCUT2D eigenvalue weighted by molar-refractivity contribution is -0.139. The zero-order valence-electron chi connectivity index (χ0n) is 20.3. The molecule has 2 aromatic carbocycles. The number of allylic oxidation sites excluding steroid dienone is 2. The fraction of sp³-hybridized carbons (Fsp3) is 0.448. The summed E-state index contributed by atoms with van der Waals surface area (Å²) in [5.74, 6) is -0.247. The summed E-state index contributed by atoms with van der Waals surface area (Å²) in [4.78, 5) is 26.7. The van der Waals surface area contributed by atoms with Gasteiger partial charge in [0.2, 0.25) is 0 Å². The molecule has 34 heavy (non-hydrogen) atoms. The Morgan fingerprint density at radius 2 is 1.65 bits per heavy atom. The Labute approximate surface area is 201 Å². The van der Waals surface area contributed by atoms with E-state index < -0.39 is 5.97 Å². The maximum atomic E-state index is 13.7. The number of carbonyl (C=O) groups is 2. The SMILES string of the molecule is CCc1cc(C)cc(CC)c1C1=C(OC(=O)Cc2ccc(F)cc2)CC2(CCOCC2)CC1=O. The summed E-state index contributed by atoms with van der Waals surface area (Å²) < 4.78 is 24.9. The second-order valence-electron chi connectivity index (χ2n) is 9.63. The third kappa shape index (κ3) is 5.15. The number of hydrogen-bond donors (Lipinski definition) is 0. The Balaban J connectivity index is 1.77. The van der Waals surface area contributed by atoms with E-state index in [0.717, 1.165) is 47.9 Å². The number of ether oxygens (including phenoxy) is 2. The molecule has 0 bridgehead atoms. The minimum absolute atomic E-state index is 0.0243. The maximum absolute atomic E-state index is 13.7. The molecule has 0 saturated carbocycles. The molecule has 4 rings (SSSR count). The first kappa shape index (κ1) is 24.3. The van der Waals surface area contributed by atoms with Crippen LogP contribution in [-0.4, -0.2) is 25.0 Å². The molecule has 1 aliphatic carbocycles. The van der Waals surface area contributed by atoms with Crippen LogP contribution in [0, 0.1) is 18.2 Å². The largest absolute Gasteiger partial charge is 0.430 e. The summed E-state index contributed by atoms with van der Waals surface area (Å²) in [6.07, 6.45) is 4.15. The third-order valence-electron chi connectivity index (χ3n) is 7.14. The number of Topliss-reactive ketones (excluding diaryl/α,β-unsaturated/α-hetero) is 1. The lowest BCUT2D eigenvalue weighted by atomic mass is 9.67. The zero-order chi connectivity index (χ0) is 24.3. The van der Waals surface area contributed by atoms with Gasteiger partial charge >= 0.3 is 5.97 Å². The van der Waals surface area contributed by atoms with Crippen LogP contribution in [0.25, 0.3) is 5.57 Å². The molecule has 5 heteroatoms. The number of aryl methyl sites for hydroxylation is 3. The molecule has 4 nitrogen and oxygen atoms in total. The van der Waals surface area contributed by atoms with Gasteiger partial charge in [-0.25, -0.2) is 4.39 Å².